The Balaban J connectivity index is 0.000000112. The molecule has 8 atom stereocenters. The molecule has 117 heavy (non-hydrogen) atoms. The van der Waals surface area contributed by atoms with Gasteiger partial charge in [0.2, 0.25) is 23.8 Å². The van der Waals surface area contributed by atoms with Crippen LogP contribution in [0.15, 0.2) is 164 Å². The number of rotatable bonds is 16. The number of morpholine rings is 4. The minimum absolute atomic E-state index is 0.0734. The number of hydrogen-bond donors (Lipinski definition) is 0. The van der Waals surface area contributed by atoms with Crippen LogP contribution in [-0.4, -0.2) is 257 Å². The third-order valence-electron chi connectivity index (χ3n) is 21.8. The second kappa shape index (κ2) is 33.3. The van der Waals surface area contributed by atoms with Gasteiger partial charge in [-0.2, -0.15) is 57.3 Å². The third kappa shape index (κ3) is 17.9. The van der Waals surface area contributed by atoms with Gasteiger partial charge in [-0.15, -0.1) is 0 Å². The van der Waals surface area contributed by atoms with Gasteiger partial charge in [-0.25, -0.2) is 36.8 Å². The molecule has 1 unspecified atom stereocenters. The number of ether oxygens (including phenoxy) is 5. The summed E-state index contributed by atoms with van der Waals surface area (Å²) in [6.07, 6.45) is 19.6. The number of hydrogen-bond acceptors (Lipinski definition) is 29. The topological polar surface area (TPSA) is 351 Å². The zero-order valence-electron chi connectivity index (χ0n) is 66.7. The second-order valence-corrected chi connectivity index (χ2v) is 41.3. The fraction of sp³-hybridized carbons (Fsp3) is 0.450. The van der Waals surface area contributed by atoms with Crippen LogP contribution in [0.2, 0.25) is 0 Å². The Hall–Kier alpha value is -10.1. The van der Waals surface area contributed by atoms with Crippen LogP contribution < -0.4 is 19.6 Å². The Morgan fingerprint density at radius 2 is 0.538 bits per heavy atom. The number of benzene rings is 4. The van der Waals surface area contributed by atoms with Crippen LogP contribution in [0.3, 0.4) is 0 Å². The van der Waals surface area contributed by atoms with E-state index in [1.807, 2.05) is 140 Å². The SMILES string of the molecule is C[C@@H]1COCCN1c1cc(N=S(C)(=O)C2CC2)nc(-n2cnc3ccccc32)n1.C[C@@H]1COCCN1c1cc(N=[S@@](C)(=O)C2CC2)nc(-n2cnc3ccccc32)n1.C[C@@H]1COCCN1c1cc(N=[S@@](C)(=O)C2COC2)nc(-n2cnc3ccccc32)n1.C[C@@H]1COCCN1c1cc(N=[S@](C)(=O)C2CC2)nc(-n2cnc3ccccc32)n1. The number of para-hydroxylation sites is 8. The molecular formula is C80H96N24O9S4. The van der Waals surface area contributed by atoms with Gasteiger partial charge in [-0.1, -0.05) is 48.5 Å². The van der Waals surface area contributed by atoms with Crippen LogP contribution in [0.1, 0.15) is 66.2 Å². The fourth-order valence-electron chi connectivity index (χ4n) is 14.6. The van der Waals surface area contributed by atoms with Crippen molar-refractivity contribution in [2.24, 2.45) is 17.5 Å². The molecule has 0 radical (unpaired) electrons. The third-order valence-corrected chi connectivity index (χ3v) is 30.7. The molecular weight excluding hydrogens is 1570 g/mol. The van der Waals surface area contributed by atoms with E-state index < -0.39 is 38.9 Å². The summed E-state index contributed by atoms with van der Waals surface area (Å²) < 4.78 is 105. The number of nitrogens with zero attached hydrogens (tertiary/aromatic N) is 24. The molecule has 614 valence electrons. The summed E-state index contributed by atoms with van der Waals surface area (Å²) >= 11 is 0. The molecule has 13 heterocycles. The van der Waals surface area contributed by atoms with Crippen LogP contribution in [0.4, 0.5) is 46.5 Å². The van der Waals surface area contributed by atoms with Crippen molar-refractivity contribution in [2.45, 2.75) is 111 Å². The second-order valence-electron chi connectivity index (χ2n) is 31.0. The summed E-state index contributed by atoms with van der Waals surface area (Å²) in [4.78, 5) is 64.4. The van der Waals surface area contributed by atoms with Gasteiger partial charge in [0.15, 0.2) is 23.3 Å². The molecule has 0 spiro atoms. The van der Waals surface area contributed by atoms with E-state index in [1.54, 1.807) is 50.3 Å². The van der Waals surface area contributed by atoms with E-state index in [1.165, 1.54) is 0 Å². The normalized spacial score (nSPS) is 21.9. The molecule has 0 bridgehead atoms. The molecule has 0 N–H and O–H groups in total. The van der Waals surface area contributed by atoms with Gasteiger partial charge in [0.25, 0.3) is 0 Å². The molecule has 8 aromatic heterocycles. The van der Waals surface area contributed by atoms with Gasteiger partial charge in [0.05, 0.1) is 179 Å². The van der Waals surface area contributed by atoms with E-state index in [4.69, 9.17) is 43.6 Å². The number of imidazole rings is 4. The minimum Gasteiger partial charge on any atom is -0.379 e. The Morgan fingerprint density at radius 1 is 0.308 bits per heavy atom. The molecule has 5 aliphatic heterocycles. The molecule has 12 aromatic rings. The lowest BCUT2D eigenvalue weighted by molar-refractivity contribution is 0.0431. The lowest BCUT2D eigenvalue weighted by Crippen LogP contribution is -2.44. The van der Waals surface area contributed by atoms with Gasteiger partial charge in [0.1, 0.15) is 48.6 Å². The fourth-order valence-corrected chi connectivity index (χ4v) is 20.8. The van der Waals surface area contributed by atoms with Crippen LogP contribution in [0, 0.1) is 0 Å². The van der Waals surface area contributed by atoms with Crippen LogP contribution in [0.25, 0.3) is 67.9 Å². The Kier molecular flexibility index (Phi) is 22.6. The van der Waals surface area contributed by atoms with Gasteiger partial charge in [-0.3, -0.25) is 18.3 Å². The number of anilines is 4. The van der Waals surface area contributed by atoms with Crippen molar-refractivity contribution in [2.75, 3.05) is 137 Å². The molecule has 0 amide bonds. The minimum atomic E-state index is -2.47. The highest BCUT2D eigenvalue weighted by atomic mass is 32.2. The standard InChI is InChI=1S/C20H24N6O3S.3C20H24N6O2S/c1-14-10-28-8-7-25(14)19-9-18(24-30(2,27)15-11-29-12-15)22-20(23-19)26-13-21-16-5-3-4-6-17(16)26;3*1-14-12-28-10-9-25(14)19-11-18(24-29(2,27)15-7-8-15)22-20(23-19)26-13-21-16-5-3-4-6-17(16)26/h3-6,9,13-15H,7-8,10-12H2,1-2H3;3*3-6,11,13-15H,7-10,12H2,1-2H3/t14-,30+;14-,29?;14-,29+;14-,29-/m1111/s1. The summed E-state index contributed by atoms with van der Waals surface area (Å²) in [6, 6.07) is 39.5. The highest BCUT2D eigenvalue weighted by molar-refractivity contribution is 7.94. The summed E-state index contributed by atoms with van der Waals surface area (Å²) in [5.41, 5.74) is 7.14. The summed E-state index contributed by atoms with van der Waals surface area (Å²) in [6.45, 7) is 17.5. The molecule has 3 aliphatic carbocycles. The number of aromatic nitrogens is 16. The quantitative estimate of drug-likeness (QED) is 0.0867. The van der Waals surface area contributed by atoms with Crippen LogP contribution in [0.5, 0.6) is 0 Å². The van der Waals surface area contributed by atoms with E-state index in [-0.39, 0.29) is 45.2 Å². The predicted molar refractivity (Wildman–Crippen MR) is 455 cm³/mol. The molecule has 33 nitrogen and oxygen atoms in total. The van der Waals surface area contributed by atoms with E-state index in [0.29, 0.717) is 113 Å². The molecule has 37 heteroatoms. The molecule has 4 aromatic carbocycles. The smallest absolute Gasteiger partial charge is 0.239 e. The monoisotopic (exact) mass is 1660 g/mol. The maximum absolute atomic E-state index is 13.1. The molecule has 20 rings (SSSR count). The maximum atomic E-state index is 13.1. The van der Waals surface area contributed by atoms with Crippen molar-refractivity contribution in [3.05, 3.63) is 147 Å². The summed E-state index contributed by atoms with van der Waals surface area (Å²) in [5.74, 6) is 6.76. The lowest BCUT2D eigenvalue weighted by atomic mass is 10.2. The average molecular weight is 1670 g/mol. The van der Waals surface area contributed by atoms with Crippen molar-refractivity contribution in [3.8, 4) is 23.8 Å². The summed E-state index contributed by atoms with van der Waals surface area (Å²) in [7, 11) is -9.41. The van der Waals surface area contributed by atoms with Crippen molar-refractivity contribution in [3.63, 3.8) is 0 Å². The zero-order valence-corrected chi connectivity index (χ0v) is 69.9. The first-order valence-electron chi connectivity index (χ1n) is 39.6. The van der Waals surface area contributed by atoms with Crippen molar-refractivity contribution < 1.29 is 40.5 Å². The molecule has 5 saturated heterocycles. The van der Waals surface area contributed by atoms with Crippen molar-refractivity contribution >= 4 is 130 Å². The first-order chi connectivity index (χ1) is 56.5. The van der Waals surface area contributed by atoms with E-state index in [2.05, 4.69) is 105 Å². The Morgan fingerprint density at radius 3 is 0.752 bits per heavy atom. The van der Waals surface area contributed by atoms with Gasteiger partial charge in [0, 0.05) is 91.2 Å². The number of fused-ring (bicyclic) bond motifs is 4. The molecule has 8 aliphatic rings. The first kappa shape index (κ1) is 79.4. The average Bonchev–Trinajstić information content (AvgIpc) is 1.72. The Bertz CT molecular complexity index is 5780. The molecule has 3 saturated carbocycles. The van der Waals surface area contributed by atoms with E-state index in [9.17, 15) is 16.8 Å². The van der Waals surface area contributed by atoms with Crippen molar-refractivity contribution in [1.82, 2.24) is 78.1 Å². The highest BCUT2D eigenvalue weighted by Gasteiger charge is 2.35. The Labute approximate surface area is 680 Å². The van der Waals surface area contributed by atoms with Crippen LogP contribution in [-0.2, 0) is 62.6 Å². The lowest BCUT2D eigenvalue weighted by Gasteiger charge is -2.34. The predicted octanol–water partition coefficient (Wildman–Crippen LogP) is 11.0. The van der Waals surface area contributed by atoms with Gasteiger partial charge < -0.3 is 43.3 Å². The molecule has 8 fully saturated rings. The van der Waals surface area contributed by atoms with Gasteiger partial charge in [-0.05, 0) is 115 Å². The summed E-state index contributed by atoms with van der Waals surface area (Å²) in [5, 5.41) is 0.429. The van der Waals surface area contributed by atoms with Crippen molar-refractivity contribution in [1.29, 1.82) is 0 Å². The highest BCUT2D eigenvalue weighted by Crippen LogP contribution is 2.37. The van der Waals surface area contributed by atoms with Crippen LogP contribution >= 0.6 is 0 Å². The van der Waals surface area contributed by atoms with Gasteiger partial charge >= 0.3 is 0 Å². The largest absolute Gasteiger partial charge is 0.379 e. The maximum Gasteiger partial charge on any atom is 0.239 e. The first-order valence-corrected chi connectivity index (χ1v) is 47.5. The zero-order chi connectivity index (χ0) is 80.7. The van der Waals surface area contributed by atoms with E-state index in [0.717, 1.165) is 132 Å². The van der Waals surface area contributed by atoms with E-state index >= 15 is 0 Å².